The quantitative estimate of drug-likeness (QED) is 0.840. The van der Waals surface area contributed by atoms with Crippen LogP contribution >= 0.6 is 0 Å². The van der Waals surface area contributed by atoms with E-state index in [1.165, 1.54) is 0 Å². The molecule has 0 aliphatic carbocycles. The first-order valence-corrected chi connectivity index (χ1v) is 8.57. The Labute approximate surface area is 146 Å². The van der Waals surface area contributed by atoms with Crippen LogP contribution in [-0.4, -0.2) is 23.3 Å². The molecule has 2 saturated heterocycles. The monoisotopic (exact) mass is 341 g/mol. The summed E-state index contributed by atoms with van der Waals surface area (Å²) in [6, 6.07) is 14.2. The molecule has 2 aliphatic rings. The third-order valence-electron chi connectivity index (χ3n) is 5.02. The summed E-state index contributed by atoms with van der Waals surface area (Å²) in [6.07, 6.45) is 1.98. The zero-order chi connectivity index (χ0) is 17.4. The van der Waals surface area contributed by atoms with Crippen molar-refractivity contribution in [2.24, 2.45) is 0 Å². The second-order valence-electron chi connectivity index (χ2n) is 6.69. The molecule has 0 saturated carbocycles. The van der Waals surface area contributed by atoms with Gasteiger partial charge in [0.25, 0.3) is 0 Å². The minimum atomic E-state index is -0.620. The zero-order valence-electron chi connectivity index (χ0n) is 14.1. The van der Waals surface area contributed by atoms with Gasteiger partial charge >= 0.3 is 5.97 Å². The predicted octanol–water partition coefficient (Wildman–Crippen LogP) is 4.16. The fraction of sp³-hybridized carbons (Fsp3) is 0.350. The highest BCUT2D eigenvalue weighted by molar-refractivity contribution is 5.89. The summed E-state index contributed by atoms with van der Waals surface area (Å²) < 4.78 is 20.4. The molecular weight excluding hydrogens is 321 g/mol. The van der Waals surface area contributed by atoms with E-state index in [1.54, 1.807) is 48.4 Å². The van der Waals surface area contributed by atoms with Crippen LogP contribution < -0.4 is 0 Å². The van der Waals surface area contributed by atoms with Gasteiger partial charge in [-0.25, -0.2) is 9.18 Å². The van der Waals surface area contributed by atoms with Crippen LogP contribution in [0.5, 0.6) is 0 Å². The molecule has 4 nitrogen and oxygen atoms in total. The summed E-state index contributed by atoms with van der Waals surface area (Å²) in [7, 11) is 0. The Morgan fingerprint density at radius 2 is 2.00 bits per heavy atom. The third-order valence-corrected chi connectivity index (χ3v) is 5.02. The van der Waals surface area contributed by atoms with E-state index in [2.05, 4.69) is 0 Å². The van der Waals surface area contributed by atoms with E-state index in [-0.39, 0.29) is 11.9 Å². The molecule has 2 aliphatic heterocycles. The smallest absolute Gasteiger partial charge is 0.357 e. The van der Waals surface area contributed by atoms with Gasteiger partial charge in [0.2, 0.25) is 0 Å². The topological polar surface area (TPSA) is 38.8 Å². The van der Waals surface area contributed by atoms with Crippen LogP contribution in [0.1, 0.15) is 46.9 Å². The van der Waals surface area contributed by atoms with Crippen molar-refractivity contribution in [3.05, 3.63) is 71.0 Å². The average molecular weight is 341 g/mol. The molecule has 2 atom stereocenters. The Balaban J connectivity index is 1.46. The second kappa shape index (κ2) is 6.24. The van der Waals surface area contributed by atoms with E-state index in [1.807, 2.05) is 12.1 Å². The van der Waals surface area contributed by atoms with E-state index in [4.69, 9.17) is 9.57 Å². The lowest BCUT2D eigenvalue weighted by molar-refractivity contribution is -0.344. The maximum atomic E-state index is 14.3. The Hall–Kier alpha value is -2.24. The molecule has 2 fully saturated rings. The fourth-order valence-corrected chi connectivity index (χ4v) is 3.64. The van der Waals surface area contributed by atoms with E-state index < -0.39 is 11.7 Å². The number of hydrogen-bond donors (Lipinski definition) is 0. The molecule has 2 aromatic rings. The molecule has 0 radical (unpaired) electrons. The summed E-state index contributed by atoms with van der Waals surface area (Å²) >= 11 is 0. The van der Waals surface area contributed by atoms with Crippen LogP contribution in [-0.2, 0) is 9.57 Å². The Kier molecular flexibility index (Phi) is 4.06. The molecule has 5 heteroatoms. The molecule has 25 heavy (non-hydrogen) atoms. The van der Waals surface area contributed by atoms with Crippen molar-refractivity contribution in [3.63, 3.8) is 0 Å². The molecule has 2 aromatic carbocycles. The minimum Gasteiger partial charge on any atom is -0.361 e. The standard InChI is InChI=1S/C20H20FNO3/c1-14-7-5-10-16(18(14)21)17-13-20(24-17)11-6-12-22(20)25-19(23)15-8-3-2-4-9-15/h2-5,7-10,17H,6,11-13H2,1H3/t17-,20-/m1/s1. The van der Waals surface area contributed by atoms with Crippen LogP contribution in [0.25, 0.3) is 0 Å². The van der Waals surface area contributed by atoms with Crippen molar-refractivity contribution in [2.45, 2.75) is 38.0 Å². The van der Waals surface area contributed by atoms with Gasteiger partial charge in [-0.3, -0.25) is 0 Å². The molecule has 1 spiro atoms. The van der Waals surface area contributed by atoms with Crippen molar-refractivity contribution in [1.29, 1.82) is 0 Å². The van der Waals surface area contributed by atoms with Gasteiger partial charge in [0, 0.05) is 18.5 Å². The Morgan fingerprint density at radius 3 is 2.76 bits per heavy atom. The Bertz CT molecular complexity index is 787. The molecule has 0 aromatic heterocycles. The summed E-state index contributed by atoms with van der Waals surface area (Å²) in [4.78, 5) is 17.9. The van der Waals surface area contributed by atoms with Gasteiger partial charge in [0.1, 0.15) is 5.82 Å². The van der Waals surface area contributed by atoms with Gasteiger partial charge in [-0.1, -0.05) is 36.4 Å². The van der Waals surface area contributed by atoms with Gasteiger partial charge in [-0.05, 0) is 37.5 Å². The SMILES string of the molecule is Cc1cccc([C@H]2C[C@@]3(CCCN3OC(=O)c3ccccc3)O2)c1F. The lowest BCUT2D eigenvalue weighted by Gasteiger charge is -2.49. The lowest BCUT2D eigenvalue weighted by Crippen LogP contribution is -2.55. The number of halogens is 1. The normalized spacial score (nSPS) is 25.8. The highest BCUT2D eigenvalue weighted by Gasteiger charge is 2.55. The molecule has 4 rings (SSSR count). The van der Waals surface area contributed by atoms with Crippen molar-refractivity contribution in [3.8, 4) is 0 Å². The van der Waals surface area contributed by atoms with Crippen LogP contribution in [0.3, 0.4) is 0 Å². The largest absolute Gasteiger partial charge is 0.361 e. The van der Waals surface area contributed by atoms with Gasteiger partial charge in [-0.15, -0.1) is 5.06 Å². The van der Waals surface area contributed by atoms with Crippen molar-refractivity contribution < 1.29 is 18.8 Å². The lowest BCUT2D eigenvalue weighted by atomic mass is 9.90. The highest BCUT2D eigenvalue weighted by atomic mass is 19.1. The number of hydrogen-bond acceptors (Lipinski definition) is 4. The van der Waals surface area contributed by atoms with Gasteiger partial charge in [0.15, 0.2) is 5.72 Å². The summed E-state index contributed by atoms with van der Waals surface area (Å²) in [5.74, 6) is -0.608. The maximum absolute atomic E-state index is 14.3. The number of carbonyl (C=O) groups excluding carboxylic acids is 1. The number of rotatable bonds is 3. The van der Waals surface area contributed by atoms with Crippen molar-refractivity contribution in [2.75, 3.05) is 6.54 Å². The maximum Gasteiger partial charge on any atom is 0.357 e. The molecule has 0 unspecified atom stereocenters. The minimum absolute atomic E-state index is 0.215. The van der Waals surface area contributed by atoms with E-state index in [9.17, 15) is 9.18 Å². The van der Waals surface area contributed by atoms with Gasteiger partial charge < -0.3 is 9.57 Å². The van der Waals surface area contributed by atoms with Crippen LogP contribution in [0.4, 0.5) is 4.39 Å². The number of carbonyl (C=O) groups is 1. The zero-order valence-corrected chi connectivity index (χ0v) is 14.1. The summed E-state index contributed by atoms with van der Waals surface area (Å²) in [5, 5.41) is 1.63. The molecule has 0 bridgehead atoms. The first-order valence-electron chi connectivity index (χ1n) is 8.57. The fourth-order valence-electron chi connectivity index (χ4n) is 3.64. The number of ether oxygens (including phenoxy) is 1. The predicted molar refractivity (Wildman–Crippen MR) is 90.1 cm³/mol. The first kappa shape index (κ1) is 16.2. The van der Waals surface area contributed by atoms with Crippen molar-refractivity contribution in [1.82, 2.24) is 5.06 Å². The molecule has 130 valence electrons. The Morgan fingerprint density at radius 1 is 1.24 bits per heavy atom. The average Bonchev–Trinajstić information content (AvgIpc) is 3.00. The first-order chi connectivity index (χ1) is 12.1. The summed E-state index contributed by atoms with van der Waals surface area (Å²) in [6.45, 7) is 2.37. The number of hydroxylamine groups is 2. The number of benzene rings is 2. The number of aryl methyl sites for hydroxylation is 1. The van der Waals surface area contributed by atoms with E-state index >= 15 is 0 Å². The molecular formula is C20H20FNO3. The van der Waals surface area contributed by atoms with Crippen LogP contribution in [0.2, 0.25) is 0 Å². The van der Waals surface area contributed by atoms with Gasteiger partial charge in [-0.2, -0.15) is 0 Å². The van der Waals surface area contributed by atoms with Crippen molar-refractivity contribution >= 4 is 5.97 Å². The highest BCUT2D eigenvalue weighted by Crippen LogP contribution is 2.51. The van der Waals surface area contributed by atoms with Crippen LogP contribution in [0.15, 0.2) is 48.5 Å². The molecule has 2 heterocycles. The third kappa shape index (κ3) is 2.83. The van der Waals surface area contributed by atoms with Gasteiger partial charge in [0.05, 0.1) is 11.7 Å². The second-order valence-corrected chi connectivity index (χ2v) is 6.69. The number of nitrogens with zero attached hydrogens (tertiary/aromatic N) is 1. The van der Waals surface area contributed by atoms with E-state index in [0.29, 0.717) is 29.7 Å². The molecule has 0 N–H and O–H groups in total. The molecule has 0 amide bonds. The van der Waals surface area contributed by atoms with E-state index in [0.717, 1.165) is 12.8 Å². The summed E-state index contributed by atoms with van der Waals surface area (Å²) in [5.41, 5.74) is 1.07. The van der Waals surface area contributed by atoms with Crippen LogP contribution in [0, 0.1) is 12.7 Å².